The molecule has 1 amide bonds. The van der Waals surface area contributed by atoms with Crippen molar-refractivity contribution in [3.8, 4) is 5.75 Å². The number of benzene rings is 2. The van der Waals surface area contributed by atoms with Crippen LogP contribution < -0.4 is 15.0 Å². The van der Waals surface area contributed by atoms with E-state index in [9.17, 15) is 4.79 Å². The summed E-state index contributed by atoms with van der Waals surface area (Å²) in [6.07, 6.45) is 0. The van der Waals surface area contributed by atoms with E-state index in [1.807, 2.05) is 49.4 Å². The SMILES string of the molecule is CCNC(C)=O.COc1ccc2c(c1)C(c1ccc(Br)cc1)=NCC(=N)N2C(C)=N. The van der Waals surface area contributed by atoms with Crippen LogP contribution in [0, 0.1) is 10.8 Å². The number of hydrogen-bond donors (Lipinski definition) is 3. The molecule has 8 heteroatoms. The first kappa shape index (κ1) is 23.3. The third-order valence-electron chi connectivity index (χ3n) is 4.24. The highest BCUT2D eigenvalue weighted by Crippen LogP contribution is 2.31. The minimum atomic E-state index is 0.0394. The lowest BCUT2D eigenvalue weighted by Gasteiger charge is -2.24. The summed E-state index contributed by atoms with van der Waals surface area (Å²) in [5.41, 5.74) is 3.38. The van der Waals surface area contributed by atoms with E-state index in [2.05, 4.69) is 26.2 Å². The van der Waals surface area contributed by atoms with Crippen LogP contribution in [0.3, 0.4) is 0 Å². The molecule has 0 bridgehead atoms. The van der Waals surface area contributed by atoms with Crippen LogP contribution in [0.2, 0.25) is 0 Å². The lowest BCUT2D eigenvalue weighted by atomic mass is 10.00. The van der Waals surface area contributed by atoms with Crippen LogP contribution in [0.4, 0.5) is 5.69 Å². The Morgan fingerprint density at radius 3 is 2.40 bits per heavy atom. The lowest BCUT2D eigenvalue weighted by molar-refractivity contribution is -0.118. The highest BCUT2D eigenvalue weighted by molar-refractivity contribution is 9.10. The largest absolute Gasteiger partial charge is 0.497 e. The summed E-state index contributed by atoms with van der Waals surface area (Å²) >= 11 is 3.45. The molecule has 0 spiro atoms. The monoisotopic (exact) mass is 471 g/mol. The van der Waals surface area contributed by atoms with E-state index in [1.165, 1.54) is 6.92 Å². The molecule has 0 aliphatic carbocycles. The first-order valence-electron chi connectivity index (χ1n) is 9.44. The van der Waals surface area contributed by atoms with E-state index in [1.54, 1.807) is 18.9 Å². The Morgan fingerprint density at radius 2 is 1.90 bits per heavy atom. The zero-order chi connectivity index (χ0) is 22.3. The van der Waals surface area contributed by atoms with Crippen LogP contribution in [0.5, 0.6) is 5.75 Å². The van der Waals surface area contributed by atoms with Gasteiger partial charge in [-0.05, 0) is 44.2 Å². The lowest BCUT2D eigenvalue weighted by Crippen LogP contribution is -2.35. The van der Waals surface area contributed by atoms with Crippen molar-refractivity contribution >= 4 is 44.9 Å². The predicted octanol–water partition coefficient (Wildman–Crippen LogP) is 4.23. The molecule has 2 aromatic carbocycles. The molecule has 1 heterocycles. The Kier molecular flexibility index (Phi) is 8.29. The Morgan fingerprint density at radius 1 is 1.23 bits per heavy atom. The number of halogens is 1. The Balaban J connectivity index is 0.000000469. The quantitative estimate of drug-likeness (QED) is 0.460. The molecular formula is C22H26BrN5O2. The van der Waals surface area contributed by atoms with Gasteiger partial charge in [0, 0.05) is 29.1 Å². The fourth-order valence-corrected chi connectivity index (χ4v) is 3.23. The van der Waals surface area contributed by atoms with Gasteiger partial charge in [-0.2, -0.15) is 0 Å². The Bertz CT molecular complexity index is 970. The van der Waals surface area contributed by atoms with Crippen molar-refractivity contribution in [3.63, 3.8) is 0 Å². The number of methoxy groups -OCH3 is 1. The summed E-state index contributed by atoms with van der Waals surface area (Å²) in [6.45, 7) is 6.02. The topological polar surface area (TPSA) is 102 Å². The molecule has 0 saturated heterocycles. The van der Waals surface area contributed by atoms with E-state index in [4.69, 9.17) is 15.6 Å². The number of hydrogen-bond acceptors (Lipinski definition) is 5. The number of carbonyl (C=O) groups is 1. The first-order valence-corrected chi connectivity index (χ1v) is 10.2. The molecule has 2 aromatic rings. The number of nitrogens with zero attached hydrogens (tertiary/aromatic N) is 2. The number of carbonyl (C=O) groups excluding carboxylic acids is 1. The number of amidine groups is 2. The van der Waals surface area contributed by atoms with Gasteiger partial charge in [-0.3, -0.25) is 25.5 Å². The summed E-state index contributed by atoms with van der Waals surface area (Å²) in [6, 6.07) is 13.5. The minimum absolute atomic E-state index is 0.0394. The molecule has 0 fully saturated rings. The summed E-state index contributed by atoms with van der Waals surface area (Å²) in [5.74, 6) is 1.33. The summed E-state index contributed by atoms with van der Waals surface area (Å²) in [7, 11) is 1.62. The maximum absolute atomic E-state index is 9.93. The van der Waals surface area contributed by atoms with Crippen molar-refractivity contribution in [3.05, 3.63) is 58.1 Å². The van der Waals surface area contributed by atoms with Crippen LogP contribution in [-0.4, -0.2) is 43.5 Å². The Labute approximate surface area is 185 Å². The zero-order valence-electron chi connectivity index (χ0n) is 17.5. The van der Waals surface area contributed by atoms with Crippen LogP contribution in [0.25, 0.3) is 0 Å². The molecule has 3 N–H and O–H groups in total. The van der Waals surface area contributed by atoms with Crippen molar-refractivity contribution in [2.75, 3.05) is 25.1 Å². The standard InChI is InChI=1S/C18H17BrN4O.C4H9NO/c1-11(20)23-16-8-7-14(24-2)9-15(16)18(22-10-17(23)21)12-3-5-13(19)6-4-12;1-3-5-4(2)6/h3-9,20-21H,10H2,1-2H3;3H2,1-2H3,(H,5,6). The molecule has 0 unspecified atom stereocenters. The van der Waals surface area contributed by atoms with Gasteiger partial charge in [0.05, 0.1) is 25.1 Å². The summed E-state index contributed by atoms with van der Waals surface area (Å²) in [4.78, 5) is 16.2. The van der Waals surface area contributed by atoms with Gasteiger partial charge in [-0.1, -0.05) is 28.1 Å². The number of anilines is 1. The minimum Gasteiger partial charge on any atom is -0.497 e. The van der Waals surface area contributed by atoms with Gasteiger partial charge in [0.15, 0.2) is 0 Å². The third-order valence-corrected chi connectivity index (χ3v) is 4.76. The highest BCUT2D eigenvalue weighted by atomic mass is 79.9. The maximum atomic E-state index is 9.93. The maximum Gasteiger partial charge on any atom is 0.216 e. The number of fused-ring (bicyclic) bond motifs is 1. The smallest absolute Gasteiger partial charge is 0.216 e. The third kappa shape index (κ3) is 5.76. The van der Waals surface area contributed by atoms with Crippen molar-refractivity contribution in [1.82, 2.24) is 5.32 Å². The van der Waals surface area contributed by atoms with Gasteiger partial charge in [0.25, 0.3) is 0 Å². The number of benzodiazepines with no additional fused rings is 1. The molecule has 158 valence electrons. The van der Waals surface area contributed by atoms with Crippen molar-refractivity contribution < 1.29 is 9.53 Å². The fourth-order valence-electron chi connectivity index (χ4n) is 2.97. The average Bonchev–Trinajstić information content (AvgIpc) is 2.84. The molecule has 0 atom stereocenters. The van der Waals surface area contributed by atoms with E-state index >= 15 is 0 Å². The summed E-state index contributed by atoms with van der Waals surface area (Å²) < 4.78 is 6.35. The molecule has 7 nitrogen and oxygen atoms in total. The molecule has 0 radical (unpaired) electrons. The Hall–Kier alpha value is -3.00. The van der Waals surface area contributed by atoms with Gasteiger partial charge in [-0.15, -0.1) is 0 Å². The molecule has 0 saturated carbocycles. The van der Waals surface area contributed by atoms with Crippen LogP contribution in [0.1, 0.15) is 31.9 Å². The number of nitrogens with one attached hydrogen (secondary N) is 3. The molecule has 1 aliphatic rings. The van der Waals surface area contributed by atoms with Gasteiger partial charge >= 0.3 is 0 Å². The van der Waals surface area contributed by atoms with Crippen LogP contribution in [0.15, 0.2) is 51.9 Å². The number of amides is 1. The van der Waals surface area contributed by atoms with Gasteiger partial charge in [0.1, 0.15) is 17.4 Å². The predicted molar refractivity (Wildman–Crippen MR) is 126 cm³/mol. The zero-order valence-corrected chi connectivity index (χ0v) is 19.1. The van der Waals surface area contributed by atoms with E-state index < -0.39 is 0 Å². The number of ether oxygens (including phenoxy) is 1. The van der Waals surface area contributed by atoms with Crippen molar-refractivity contribution in [2.24, 2.45) is 4.99 Å². The van der Waals surface area contributed by atoms with Gasteiger partial charge in [-0.25, -0.2) is 0 Å². The van der Waals surface area contributed by atoms with Crippen LogP contribution in [-0.2, 0) is 4.79 Å². The first-order chi connectivity index (χ1) is 14.3. The molecule has 1 aliphatic heterocycles. The second-order valence-corrected chi connectivity index (χ2v) is 7.42. The molecular weight excluding hydrogens is 446 g/mol. The van der Waals surface area contributed by atoms with Crippen molar-refractivity contribution in [2.45, 2.75) is 20.8 Å². The van der Waals surface area contributed by atoms with Crippen LogP contribution >= 0.6 is 15.9 Å². The molecule has 0 aromatic heterocycles. The van der Waals surface area contributed by atoms with Gasteiger partial charge in [0.2, 0.25) is 5.91 Å². The second kappa shape index (κ2) is 10.7. The average molecular weight is 472 g/mol. The van der Waals surface area contributed by atoms with E-state index in [0.717, 1.165) is 39.3 Å². The molecule has 3 rings (SSSR count). The fraction of sp³-hybridized carbons (Fsp3) is 0.273. The van der Waals surface area contributed by atoms with E-state index in [-0.39, 0.29) is 18.3 Å². The number of rotatable bonds is 3. The van der Waals surface area contributed by atoms with Gasteiger partial charge < -0.3 is 10.1 Å². The van der Waals surface area contributed by atoms with Crippen molar-refractivity contribution in [1.29, 1.82) is 10.8 Å². The molecule has 30 heavy (non-hydrogen) atoms. The second-order valence-electron chi connectivity index (χ2n) is 6.51. The highest BCUT2D eigenvalue weighted by Gasteiger charge is 2.25. The number of aliphatic imine (C=N–C) groups is 1. The van der Waals surface area contributed by atoms with E-state index in [0.29, 0.717) is 5.84 Å². The summed E-state index contributed by atoms with van der Waals surface area (Å²) in [5, 5.41) is 18.9. The normalized spacial score (nSPS) is 12.6.